The van der Waals surface area contributed by atoms with E-state index in [1.165, 1.54) is 31.2 Å². The fourth-order valence-electron chi connectivity index (χ4n) is 2.74. The van der Waals surface area contributed by atoms with Crippen LogP contribution in [0.1, 0.15) is 15.9 Å². The fourth-order valence-corrected chi connectivity index (χ4v) is 2.93. The van der Waals surface area contributed by atoms with Crippen LogP contribution in [-0.4, -0.2) is 15.8 Å². The van der Waals surface area contributed by atoms with E-state index in [1.807, 2.05) is 0 Å². The van der Waals surface area contributed by atoms with Crippen molar-refractivity contribution in [2.24, 2.45) is 0 Å². The molecule has 0 aromatic heterocycles. The third-order valence-corrected chi connectivity index (χ3v) is 4.51. The molecular weight excluding hydrogens is 431 g/mol. The molecule has 0 heterocycles. The smallest absolute Gasteiger partial charge is 0.300 e. The van der Waals surface area contributed by atoms with Crippen LogP contribution < -0.4 is 10.6 Å². The zero-order valence-corrected chi connectivity index (χ0v) is 16.6. The molecule has 0 aliphatic carbocycles. The van der Waals surface area contributed by atoms with E-state index in [0.29, 0.717) is 16.3 Å². The second kappa shape index (κ2) is 8.76. The van der Waals surface area contributed by atoms with Crippen molar-refractivity contribution in [3.8, 4) is 0 Å². The van der Waals surface area contributed by atoms with Crippen LogP contribution in [-0.2, 0) is 0 Å². The van der Waals surface area contributed by atoms with E-state index < -0.39 is 38.6 Å². The van der Waals surface area contributed by atoms with E-state index in [0.717, 1.165) is 18.2 Å². The number of anilines is 3. The second-order valence-electron chi connectivity index (χ2n) is 6.46. The number of carbonyl (C=O) groups excluding carboxylic acids is 1. The quantitative estimate of drug-likeness (QED) is 0.376. The van der Waals surface area contributed by atoms with Crippen molar-refractivity contribution in [2.75, 3.05) is 10.6 Å². The summed E-state index contributed by atoms with van der Waals surface area (Å²) < 4.78 is 13.8. The van der Waals surface area contributed by atoms with Gasteiger partial charge in [-0.3, -0.25) is 25.0 Å². The number of carbonyl (C=O) groups is 1. The summed E-state index contributed by atoms with van der Waals surface area (Å²) in [5, 5.41) is 28.6. The number of nitrogens with zero attached hydrogens (tertiary/aromatic N) is 2. The Morgan fingerprint density at radius 1 is 0.968 bits per heavy atom. The summed E-state index contributed by atoms with van der Waals surface area (Å²) in [6.07, 6.45) is 0. The van der Waals surface area contributed by atoms with Gasteiger partial charge in [-0.15, -0.1) is 0 Å². The molecule has 0 unspecified atom stereocenters. The van der Waals surface area contributed by atoms with E-state index in [1.54, 1.807) is 12.1 Å². The number of halogens is 2. The topological polar surface area (TPSA) is 127 Å². The van der Waals surface area contributed by atoms with E-state index in [-0.39, 0.29) is 11.3 Å². The summed E-state index contributed by atoms with van der Waals surface area (Å²) in [6, 6.07) is 11.9. The molecule has 2 N–H and O–H groups in total. The van der Waals surface area contributed by atoms with Crippen LogP contribution in [0.5, 0.6) is 0 Å². The predicted molar refractivity (Wildman–Crippen MR) is 114 cm³/mol. The molecule has 11 heteroatoms. The lowest BCUT2D eigenvalue weighted by Gasteiger charge is -2.11. The maximum absolute atomic E-state index is 13.8. The Balaban J connectivity index is 2.05. The van der Waals surface area contributed by atoms with Crippen molar-refractivity contribution in [3.63, 3.8) is 0 Å². The van der Waals surface area contributed by atoms with Crippen molar-refractivity contribution < 1.29 is 19.0 Å². The number of rotatable bonds is 6. The molecule has 0 radical (unpaired) electrons. The zero-order chi connectivity index (χ0) is 22.7. The van der Waals surface area contributed by atoms with Gasteiger partial charge in [-0.1, -0.05) is 23.7 Å². The van der Waals surface area contributed by atoms with Gasteiger partial charge in [0.2, 0.25) is 0 Å². The van der Waals surface area contributed by atoms with Crippen molar-refractivity contribution >= 4 is 45.9 Å². The van der Waals surface area contributed by atoms with Gasteiger partial charge >= 0.3 is 11.4 Å². The van der Waals surface area contributed by atoms with Gasteiger partial charge in [0.25, 0.3) is 5.91 Å². The van der Waals surface area contributed by atoms with Gasteiger partial charge in [-0.2, -0.15) is 0 Å². The first-order chi connectivity index (χ1) is 14.7. The van der Waals surface area contributed by atoms with Crippen molar-refractivity contribution in [1.29, 1.82) is 0 Å². The lowest BCUT2D eigenvalue weighted by Crippen LogP contribution is -2.13. The lowest BCUT2D eigenvalue weighted by atomic mass is 10.1. The van der Waals surface area contributed by atoms with Crippen molar-refractivity contribution in [3.05, 3.63) is 96.8 Å². The Kier molecular flexibility index (Phi) is 6.12. The molecule has 9 nitrogen and oxygen atoms in total. The minimum absolute atomic E-state index is 0.0745. The summed E-state index contributed by atoms with van der Waals surface area (Å²) in [7, 11) is 0. The molecule has 0 saturated heterocycles. The largest absolute Gasteiger partial charge is 0.344 e. The molecule has 0 spiro atoms. The first kappa shape index (κ1) is 21.7. The van der Waals surface area contributed by atoms with E-state index in [4.69, 9.17) is 11.6 Å². The first-order valence-corrected chi connectivity index (χ1v) is 9.10. The third-order valence-electron chi connectivity index (χ3n) is 4.28. The number of hydrogen-bond donors (Lipinski definition) is 2. The van der Waals surface area contributed by atoms with E-state index in [9.17, 15) is 29.4 Å². The number of aryl methyl sites for hydroxylation is 1. The Hall–Kier alpha value is -4.05. The highest BCUT2D eigenvalue weighted by Gasteiger charge is 2.29. The molecule has 0 aliphatic rings. The molecule has 0 atom stereocenters. The molecule has 3 aromatic rings. The van der Waals surface area contributed by atoms with Gasteiger partial charge in [-0.25, -0.2) is 4.39 Å². The van der Waals surface area contributed by atoms with Crippen molar-refractivity contribution in [2.45, 2.75) is 6.92 Å². The summed E-state index contributed by atoms with van der Waals surface area (Å²) in [6.45, 7) is 1.53. The minimum atomic E-state index is -0.865. The van der Waals surface area contributed by atoms with Crippen LogP contribution in [0.2, 0.25) is 5.02 Å². The van der Waals surface area contributed by atoms with Crippen LogP contribution >= 0.6 is 11.6 Å². The number of nitrogens with one attached hydrogen (secondary N) is 2. The molecule has 158 valence electrons. The van der Waals surface area contributed by atoms with Gasteiger partial charge in [-0.05, 0) is 42.8 Å². The highest BCUT2D eigenvalue weighted by molar-refractivity contribution is 6.31. The van der Waals surface area contributed by atoms with Gasteiger partial charge in [0.1, 0.15) is 5.82 Å². The molecule has 0 bridgehead atoms. The Morgan fingerprint density at radius 3 is 2.16 bits per heavy atom. The van der Waals surface area contributed by atoms with Crippen LogP contribution in [0.25, 0.3) is 0 Å². The maximum atomic E-state index is 13.8. The fraction of sp³-hybridized carbons (Fsp3) is 0.0500. The Morgan fingerprint density at radius 2 is 1.61 bits per heavy atom. The van der Waals surface area contributed by atoms with Crippen LogP contribution in [0, 0.1) is 33.0 Å². The zero-order valence-electron chi connectivity index (χ0n) is 15.9. The Labute approximate surface area is 179 Å². The van der Waals surface area contributed by atoms with Gasteiger partial charge < -0.3 is 10.6 Å². The number of nitro benzene ring substituents is 2. The van der Waals surface area contributed by atoms with E-state index in [2.05, 4.69) is 10.6 Å². The number of benzene rings is 3. The molecule has 3 rings (SSSR count). The second-order valence-corrected chi connectivity index (χ2v) is 6.89. The van der Waals surface area contributed by atoms with Crippen molar-refractivity contribution in [1.82, 2.24) is 0 Å². The molecule has 0 saturated carbocycles. The number of amides is 1. The van der Waals surface area contributed by atoms with Gasteiger partial charge in [0, 0.05) is 28.5 Å². The van der Waals surface area contributed by atoms with E-state index >= 15 is 0 Å². The molecule has 1 amide bonds. The molecule has 0 aliphatic heterocycles. The lowest BCUT2D eigenvalue weighted by molar-refractivity contribution is -0.392. The molecular formula is C20H14ClFN4O5. The molecule has 31 heavy (non-hydrogen) atoms. The monoisotopic (exact) mass is 444 g/mol. The maximum Gasteiger partial charge on any atom is 0.300 e. The van der Waals surface area contributed by atoms with Gasteiger partial charge in [0.05, 0.1) is 15.4 Å². The highest BCUT2D eigenvalue weighted by atomic mass is 35.5. The van der Waals surface area contributed by atoms with Gasteiger partial charge in [0.15, 0.2) is 5.69 Å². The Bertz CT molecular complexity index is 1180. The molecule has 3 aromatic carbocycles. The average molecular weight is 445 g/mol. The highest BCUT2D eigenvalue weighted by Crippen LogP contribution is 2.38. The van der Waals surface area contributed by atoms with Crippen LogP contribution in [0.4, 0.5) is 32.8 Å². The SMILES string of the molecule is Cc1ccc(Nc2c([N+](=O)[O-])cc(C(=O)Nc3cccc(Cl)c3)cc2[N+](=O)[O-])cc1F. The number of hydrogen-bond acceptors (Lipinski definition) is 6. The van der Waals surface area contributed by atoms with Crippen LogP contribution in [0.15, 0.2) is 54.6 Å². The summed E-state index contributed by atoms with van der Waals surface area (Å²) in [5.74, 6) is -1.39. The normalized spacial score (nSPS) is 10.4. The minimum Gasteiger partial charge on any atom is -0.344 e. The molecule has 0 fully saturated rings. The predicted octanol–water partition coefficient (Wildman–Crippen LogP) is 5.60. The first-order valence-electron chi connectivity index (χ1n) is 8.72. The summed E-state index contributed by atoms with van der Waals surface area (Å²) in [5.41, 5.74) is -1.50. The summed E-state index contributed by atoms with van der Waals surface area (Å²) in [4.78, 5) is 34.0. The van der Waals surface area contributed by atoms with Crippen LogP contribution in [0.3, 0.4) is 0 Å². The standard InChI is InChI=1S/C20H14ClFN4O5/c1-11-5-6-15(10-16(11)22)23-19-17(25(28)29)7-12(8-18(19)26(30)31)20(27)24-14-4-2-3-13(21)9-14/h2-10,23H,1H3,(H,24,27). The average Bonchev–Trinajstić information content (AvgIpc) is 2.70. The summed E-state index contributed by atoms with van der Waals surface area (Å²) >= 11 is 5.86. The third kappa shape index (κ3) is 4.93. The number of nitro groups is 2.